The standard InChI is InChI=1S/C20H25NS/c1-14(2)15(3)20-21-19(13-22-20)18-11-7-10-16-8-5-4-6-9-17(16)12-18/h4-5,7-8,10,12-15,17H,6,9,11H2,1-3H3. The minimum Gasteiger partial charge on any atom is -0.241 e. The zero-order valence-corrected chi connectivity index (χ0v) is 14.6. The first-order valence-electron chi connectivity index (χ1n) is 8.35. The zero-order valence-electron chi connectivity index (χ0n) is 13.8. The van der Waals surface area contributed by atoms with E-state index in [1.54, 1.807) is 0 Å². The van der Waals surface area contributed by atoms with Crippen LogP contribution in [-0.4, -0.2) is 4.98 Å². The third-order valence-corrected chi connectivity index (χ3v) is 5.83. The normalized spacial score (nSPS) is 22.6. The monoisotopic (exact) mass is 311 g/mol. The first-order chi connectivity index (χ1) is 10.6. The van der Waals surface area contributed by atoms with Crippen LogP contribution in [0.3, 0.4) is 0 Å². The van der Waals surface area contributed by atoms with E-state index in [0.717, 1.165) is 12.8 Å². The molecule has 0 saturated heterocycles. The van der Waals surface area contributed by atoms with E-state index in [-0.39, 0.29) is 0 Å². The number of aromatic nitrogens is 1. The van der Waals surface area contributed by atoms with E-state index in [9.17, 15) is 0 Å². The Morgan fingerprint density at radius 3 is 2.91 bits per heavy atom. The first-order valence-corrected chi connectivity index (χ1v) is 9.23. The zero-order chi connectivity index (χ0) is 15.5. The Kier molecular flexibility index (Phi) is 4.77. The van der Waals surface area contributed by atoms with Crippen LogP contribution in [0.2, 0.25) is 0 Å². The molecule has 0 radical (unpaired) electrons. The van der Waals surface area contributed by atoms with Crippen LogP contribution in [0.4, 0.5) is 0 Å². The molecule has 2 heteroatoms. The molecular weight excluding hydrogens is 286 g/mol. The third kappa shape index (κ3) is 3.33. The van der Waals surface area contributed by atoms with Gasteiger partial charge in [0.25, 0.3) is 0 Å². The molecule has 0 saturated carbocycles. The number of hydrogen-bond donors (Lipinski definition) is 0. The summed E-state index contributed by atoms with van der Waals surface area (Å²) in [4.78, 5) is 4.94. The van der Waals surface area contributed by atoms with E-state index in [0.29, 0.717) is 17.8 Å². The van der Waals surface area contributed by atoms with Crippen LogP contribution in [0.25, 0.3) is 5.57 Å². The summed E-state index contributed by atoms with van der Waals surface area (Å²) in [6.07, 6.45) is 17.1. The molecule has 1 nitrogen and oxygen atoms in total. The van der Waals surface area contributed by atoms with Gasteiger partial charge in [-0.3, -0.25) is 0 Å². The van der Waals surface area contributed by atoms with Crippen molar-refractivity contribution < 1.29 is 0 Å². The summed E-state index contributed by atoms with van der Waals surface area (Å²) in [6.45, 7) is 6.83. The second-order valence-electron chi connectivity index (χ2n) is 6.68. The number of rotatable bonds is 3. The molecular formula is C20H25NS. The highest BCUT2D eigenvalue weighted by atomic mass is 32.1. The van der Waals surface area contributed by atoms with Gasteiger partial charge in [0, 0.05) is 17.2 Å². The quantitative estimate of drug-likeness (QED) is 0.653. The Hall–Kier alpha value is -1.41. The Bertz CT molecular complexity index is 642. The number of allylic oxidation sites excluding steroid dienone is 8. The lowest BCUT2D eigenvalue weighted by Gasteiger charge is -2.12. The Balaban J connectivity index is 1.87. The van der Waals surface area contributed by atoms with E-state index in [4.69, 9.17) is 4.98 Å². The molecule has 116 valence electrons. The van der Waals surface area contributed by atoms with Crippen molar-refractivity contribution >= 4 is 16.9 Å². The van der Waals surface area contributed by atoms with E-state index in [1.165, 1.54) is 28.3 Å². The highest BCUT2D eigenvalue weighted by molar-refractivity contribution is 7.09. The fraction of sp³-hybridized carbons (Fsp3) is 0.450. The van der Waals surface area contributed by atoms with Crippen LogP contribution in [0, 0.1) is 11.8 Å². The summed E-state index contributed by atoms with van der Waals surface area (Å²) >= 11 is 1.82. The molecule has 0 bridgehead atoms. The van der Waals surface area contributed by atoms with E-state index in [2.05, 4.69) is 62.6 Å². The average molecular weight is 311 g/mol. The van der Waals surface area contributed by atoms with Gasteiger partial charge in [0.1, 0.15) is 0 Å². The third-order valence-electron chi connectivity index (χ3n) is 4.79. The van der Waals surface area contributed by atoms with Gasteiger partial charge in [-0.25, -0.2) is 4.98 Å². The second kappa shape index (κ2) is 6.78. The van der Waals surface area contributed by atoms with Gasteiger partial charge in [0.15, 0.2) is 0 Å². The van der Waals surface area contributed by atoms with Gasteiger partial charge in [0.2, 0.25) is 0 Å². The van der Waals surface area contributed by atoms with Crippen molar-refractivity contribution in [3.63, 3.8) is 0 Å². The summed E-state index contributed by atoms with van der Waals surface area (Å²) in [5.41, 5.74) is 4.02. The van der Waals surface area contributed by atoms with E-state index < -0.39 is 0 Å². The maximum absolute atomic E-state index is 4.94. The lowest BCUT2D eigenvalue weighted by atomic mass is 9.93. The SMILES string of the molecule is CC(C)C(C)c1nc(C2=CC3CCC=CC=C3C=CC2)cs1. The molecule has 0 amide bonds. The lowest BCUT2D eigenvalue weighted by Crippen LogP contribution is -2.02. The molecule has 2 aliphatic rings. The van der Waals surface area contributed by atoms with Gasteiger partial charge >= 0.3 is 0 Å². The van der Waals surface area contributed by atoms with Crippen LogP contribution < -0.4 is 0 Å². The van der Waals surface area contributed by atoms with Crippen LogP contribution in [0.15, 0.2) is 47.4 Å². The van der Waals surface area contributed by atoms with Gasteiger partial charge in [0.05, 0.1) is 10.7 Å². The molecule has 2 aliphatic carbocycles. The highest BCUT2D eigenvalue weighted by Gasteiger charge is 2.18. The number of thiazole rings is 1. The minimum absolute atomic E-state index is 0.538. The Morgan fingerprint density at radius 1 is 1.23 bits per heavy atom. The molecule has 0 aliphatic heterocycles. The topological polar surface area (TPSA) is 12.9 Å². The van der Waals surface area contributed by atoms with Gasteiger partial charge in [-0.05, 0) is 36.3 Å². The molecule has 2 atom stereocenters. The lowest BCUT2D eigenvalue weighted by molar-refractivity contribution is 0.532. The van der Waals surface area contributed by atoms with Crippen molar-refractivity contribution in [2.75, 3.05) is 0 Å². The maximum Gasteiger partial charge on any atom is 0.0963 e. The second-order valence-corrected chi connectivity index (χ2v) is 7.57. The predicted octanol–water partition coefficient (Wildman–Crippen LogP) is 6.14. The smallest absolute Gasteiger partial charge is 0.0963 e. The van der Waals surface area contributed by atoms with Crippen LogP contribution in [0.5, 0.6) is 0 Å². The molecule has 0 spiro atoms. The summed E-state index contributed by atoms with van der Waals surface area (Å²) < 4.78 is 0. The molecule has 0 fully saturated rings. The van der Waals surface area contributed by atoms with Crippen molar-refractivity contribution in [2.45, 2.75) is 46.0 Å². The average Bonchev–Trinajstić information content (AvgIpc) is 2.76. The molecule has 22 heavy (non-hydrogen) atoms. The molecule has 1 heterocycles. The van der Waals surface area contributed by atoms with Crippen molar-refractivity contribution in [2.24, 2.45) is 11.8 Å². The summed E-state index contributed by atoms with van der Waals surface area (Å²) in [6, 6.07) is 0. The summed E-state index contributed by atoms with van der Waals surface area (Å²) in [7, 11) is 0. The molecule has 3 rings (SSSR count). The number of fused-ring (bicyclic) bond motifs is 1. The summed E-state index contributed by atoms with van der Waals surface area (Å²) in [5.74, 6) is 1.72. The van der Waals surface area contributed by atoms with Gasteiger partial charge < -0.3 is 0 Å². The molecule has 0 aromatic carbocycles. The van der Waals surface area contributed by atoms with Crippen LogP contribution in [-0.2, 0) is 0 Å². The highest BCUT2D eigenvalue weighted by Crippen LogP contribution is 2.34. The van der Waals surface area contributed by atoms with Crippen molar-refractivity contribution in [3.05, 3.63) is 58.1 Å². The maximum atomic E-state index is 4.94. The summed E-state index contributed by atoms with van der Waals surface area (Å²) in [5, 5.41) is 3.52. The predicted molar refractivity (Wildman–Crippen MR) is 97.0 cm³/mol. The largest absolute Gasteiger partial charge is 0.241 e. The first kappa shape index (κ1) is 15.5. The molecule has 1 aromatic rings. The van der Waals surface area contributed by atoms with E-state index >= 15 is 0 Å². The molecule has 2 unspecified atom stereocenters. The number of hydrogen-bond acceptors (Lipinski definition) is 2. The fourth-order valence-electron chi connectivity index (χ4n) is 2.95. The minimum atomic E-state index is 0.538. The Labute approximate surface area is 138 Å². The van der Waals surface area contributed by atoms with Gasteiger partial charge in [-0.1, -0.05) is 57.2 Å². The van der Waals surface area contributed by atoms with Crippen molar-refractivity contribution in [1.82, 2.24) is 4.98 Å². The van der Waals surface area contributed by atoms with Crippen LogP contribution in [0.1, 0.15) is 56.7 Å². The molecule has 0 N–H and O–H groups in total. The van der Waals surface area contributed by atoms with Gasteiger partial charge in [-0.15, -0.1) is 11.3 Å². The van der Waals surface area contributed by atoms with Crippen molar-refractivity contribution in [3.8, 4) is 0 Å². The fourth-order valence-corrected chi connectivity index (χ4v) is 4.03. The number of nitrogens with zero attached hydrogens (tertiary/aromatic N) is 1. The van der Waals surface area contributed by atoms with Crippen LogP contribution >= 0.6 is 11.3 Å². The van der Waals surface area contributed by atoms with E-state index in [1.807, 2.05) is 11.3 Å². The van der Waals surface area contributed by atoms with Crippen molar-refractivity contribution in [1.29, 1.82) is 0 Å². The van der Waals surface area contributed by atoms with Gasteiger partial charge in [-0.2, -0.15) is 0 Å². The Morgan fingerprint density at radius 2 is 2.09 bits per heavy atom. The molecule has 1 aromatic heterocycles.